The van der Waals surface area contributed by atoms with Crippen LogP contribution in [0.2, 0.25) is 0 Å². The molecule has 0 aliphatic rings. The molecule has 7 nitrogen and oxygen atoms in total. The summed E-state index contributed by atoms with van der Waals surface area (Å²) in [5.41, 5.74) is 1.69. The van der Waals surface area contributed by atoms with E-state index < -0.39 is 15.9 Å². The number of aromatic nitrogens is 1. The molecule has 1 heterocycles. The number of anilines is 1. The van der Waals surface area contributed by atoms with Crippen LogP contribution in [-0.4, -0.2) is 44.3 Å². The van der Waals surface area contributed by atoms with Gasteiger partial charge in [-0.25, -0.2) is 13.4 Å². The normalized spacial score (nSPS) is 11.7. The van der Waals surface area contributed by atoms with E-state index in [1.165, 1.54) is 30.5 Å². The fraction of sp³-hybridized carbons (Fsp3) is 0.222. The molecular weight excluding hydrogens is 386 g/mol. The zero-order chi connectivity index (χ0) is 19.6. The number of carbonyl (C=O) groups excluding carboxylic acids is 1. The summed E-state index contributed by atoms with van der Waals surface area (Å²) in [6.45, 7) is 1.57. The van der Waals surface area contributed by atoms with Crippen molar-refractivity contribution in [2.75, 3.05) is 26.0 Å². The maximum Gasteiger partial charge on any atom is 0.243 e. The number of amides is 1. The molecule has 0 fully saturated rings. The molecule has 0 saturated heterocycles. The highest BCUT2D eigenvalue weighted by atomic mass is 32.2. The average molecular weight is 406 g/mol. The largest absolute Gasteiger partial charge is 0.497 e. The van der Waals surface area contributed by atoms with E-state index in [9.17, 15) is 13.2 Å². The van der Waals surface area contributed by atoms with Gasteiger partial charge in [-0.3, -0.25) is 4.79 Å². The minimum atomic E-state index is -3.74. The van der Waals surface area contributed by atoms with Gasteiger partial charge in [0.05, 0.1) is 28.8 Å². The highest BCUT2D eigenvalue weighted by Gasteiger charge is 2.23. The van der Waals surface area contributed by atoms with Gasteiger partial charge < -0.3 is 10.1 Å². The summed E-state index contributed by atoms with van der Waals surface area (Å²) in [6, 6.07) is 11.9. The smallest absolute Gasteiger partial charge is 0.243 e. The summed E-state index contributed by atoms with van der Waals surface area (Å²) < 4.78 is 32.2. The summed E-state index contributed by atoms with van der Waals surface area (Å²) in [5, 5.41) is 3.06. The van der Waals surface area contributed by atoms with Gasteiger partial charge in [-0.15, -0.1) is 0 Å². The fourth-order valence-corrected chi connectivity index (χ4v) is 4.46. The van der Waals surface area contributed by atoms with E-state index in [2.05, 4.69) is 10.3 Å². The van der Waals surface area contributed by atoms with E-state index in [1.807, 2.05) is 13.0 Å². The van der Waals surface area contributed by atoms with Crippen LogP contribution in [0.25, 0.3) is 10.2 Å². The number of rotatable bonds is 6. The lowest BCUT2D eigenvalue weighted by atomic mass is 10.2. The number of nitrogens with zero attached hydrogens (tertiary/aromatic N) is 2. The van der Waals surface area contributed by atoms with Crippen molar-refractivity contribution < 1.29 is 17.9 Å². The van der Waals surface area contributed by atoms with Gasteiger partial charge >= 0.3 is 0 Å². The highest BCUT2D eigenvalue weighted by Crippen LogP contribution is 2.29. The Hall–Kier alpha value is -2.49. The zero-order valence-corrected chi connectivity index (χ0v) is 16.7. The molecule has 0 atom stereocenters. The minimum absolute atomic E-state index is 0.149. The van der Waals surface area contributed by atoms with Gasteiger partial charge in [0.2, 0.25) is 15.9 Å². The number of thiazole rings is 1. The molecule has 9 heteroatoms. The van der Waals surface area contributed by atoms with Gasteiger partial charge in [0.1, 0.15) is 5.75 Å². The molecule has 3 aromatic rings. The SMILES string of the molecule is COc1ccc2nc(NC(=O)CN(C)S(=O)(=O)c3ccc(C)cc3)sc2c1. The first-order valence-electron chi connectivity index (χ1n) is 8.07. The highest BCUT2D eigenvalue weighted by molar-refractivity contribution is 7.89. The summed E-state index contributed by atoms with van der Waals surface area (Å²) in [4.78, 5) is 16.8. The minimum Gasteiger partial charge on any atom is -0.497 e. The molecule has 0 aliphatic heterocycles. The number of hydrogen-bond acceptors (Lipinski definition) is 6. The first-order chi connectivity index (χ1) is 12.8. The number of benzene rings is 2. The molecule has 0 unspecified atom stereocenters. The molecule has 142 valence electrons. The van der Waals surface area contributed by atoms with Gasteiger partial charge in [0, 0.05) is 7.05 Å². The van der Waals surface area contributed by atoms with Crippen LogP contribution in [0.3, 0.4) is 0 Å². The van der Waals surface area contributed by atoms with Crippen LogP contribution in [0.1, 0.15) is 5.56 Å². The quantitative estimate of drug-likeness (QED) is 0.681. The Kier molecular flexibility index (Phi) is 5.45. The number of aryl methyl sites for hydroxylation is 1. The Morgan fingerprint density at radius 2 is 1.93 bits per heavy atom. The fourth-order valence-electron chi connectivity index (χ4n) is 2.42. The molecule has 1 N–H and O–H groups in total. The van der Waals surface area contributed by atoms with E-state index in [4.69, 9.17) is 4.74 Å². The van der Waals surface area contributed by atoms with Crippen molar-refractivity contribution >= 4 is 42.6 Å². The van der Waals surface area contributed by atoms with Crippen molar-refractivity contribution in [3.63, 3.8) is 0 Å². The molecule has 0 saturated carbocycles. The van der Waals surface area contributed by atoms with Gasteiger partial charge in [-0.2, -0.15) is 4.31 Å². The number of hydrogen-bond donors (Lipinski definition) is 1. The van der Waals surface area contributed by atoms with Crippen LogP contribution in [0.15, 0.2) is 47.4 Å². The van der Waals surface area contributed by atoms with Gasteiger partial charge in [0.15, 0.2) is 5.13 Å². The summed E-state index contributed by atoms with van der Waals surface area (Å²) in [7, 11) is -0.786. The van der Waals surface area contributed by atoms with Crippen LogP contribution in [-0.2, 0) is 14.8 Å². The monoisotopic (exact) mass is 405 g/mol. The van der Waals surface area contributed by atoms with Crippen molar-refractivity contribution in [2.45, 2.75) is 11.8 Å². The number of nitrogens with one attached hydrogen (secondary N) is 1. The van der Waals surface area contributed by atoms with E-state index in [-0.39, 0.29) is 11.4 Å². The Bertz CT molecular complexity index is 1080. The topological polar surface area (TPSA) is 88.6 Å². The third kappa shape index (κ3) is 4.26. The maximum absolute atomic E-state index is 12.6. The lowest BCUT2D eigenvalue weighted by Crippen LogP contribution is -2.34. The summed E-state index contributed by atoms with van der Waals surface area (Å²) in [6.07, 6.45) is 0. The Balaban J connectivity index is 1.70. The van der Waals surface area contributed by atoms with Crippen molar-refractivity contribution in [1.82, 2.24) is 9.29 Å². The van der Waals surface area contributed by atoms with Gasteiger partial charge in [0.25, 0.3) is 0 Å². The third-order valence-electron chi connectivity index (χ3n) is 3.94. The number of carbonyl (C=O) groups is 1. The molecule has 1 aromatic heterocycles. The zero-order valence-electron chi connectivity index (χ0n) is 15.1. The molecule has 0 aliphatic carbocycles. The van der Waals surface area contributed by atoms with Crippen LogP contribution in [0.4, 0.5) is 5.13 Å². The number of likely N-dealkylation sites (N-methyl/N-ethyl adjacent to an activating group) is 1. The molecule has 0 bridgehead atoms. The van der Waals surface area contributed by atoms with E-state index >= 15 is 0 Å². The number of fused-ring (bicyclic) bond motifs is 1. The lowest BCUT2D eigenvalue weighted by Gasteiger charge is -2.16. The van der Waals surface area contributed by atoms with Gasteiger partial charge in [-0.05, 0) is 37.3 Å². The third-order valence-corrected chi connectivity index (χ3v) is 6.69. The Morgan fingerprint density at radius 1 is 1.22 bits per heavy atom. The molecule has 27 heavy (non-hydrogen) atoms. The first-order valence-corrected chi connectivity index (χ1v) is 10.3. The number of ether oxygens (including phenoxy) is 1. The predicted octanol–water partition coefficient (Wildman–Crippen LogP) is 2.87. The predicted molar refractivity (Wildman–Crippen MR) is 106 cm³/mol. The van der Waals surface area contributed by atoms with Crippen molar-refractivity contribution in [3.8, 4) is 5.75 Å². The van der Waals surface area contributed by atoms with Crippen LogP contribution in [0.5, 0.6) is 5.75 Å². The average Bonchev–Trinajstić information content (AvgIpc) is 3.02. The van der Waals surface area contributed by atoms with Crippen molar-refractivity contribution in [1.29, 1.82) is 0 Å². The molecule has 1 amide bonds. The lowest BCUT2D eigenvalue weighted by molar-refractivity contribution is -0.116. The first kappa shape index (κ1) is 19.3. The Labute approximate surface area is 161 Å². The van der Waals surface area contributed by atoms with Crippen LogP contribution < -0.4 is 10.1 Å². The summed E-state index contributed by atoms with van der Waals surface area (Å²) in [5.74, 6) is 0.243. The Morgan fingerprint density at radius 3 is 2.59 bits per heavy atom. The van der Waals surface area contributed by atoms with Crippen molar-refractivity contribution in [2.24, 2.45) is 0 Å². The second kappa shape index (κ2) is 7.63. The van der Waals surface area contributed by atoms with Gasteiger partial charge in [-0.1, -0.05) is 29.0 Å². The standard InChI is InChI=1S/C18H19N3O4S2/c1-12-4-7-14(8-5-12)27(23,24)21(2)11-17(22)20-18-19-15-9-6-13(25-3)10-16(15)26-18/h4-10H,11H2,1-3H3,(H,19,20,22). The van der Waals surface area contributed by atoms with Crippen LogP contribution in [0, 0.1) is 6.92 Å². The number of sulfonamides is 1. The second-order valence-corrected chi connectivity index (χ2v) is 9.05. The molecular formula is C18H19N3O4S2. The molecule has 0 radical (unpaired) electrons. The van der Waals surface area contributed by atoms with E-state index in [0.717, 1.165) is 20.1 Å². The summed E-state index contributed by atoms with van der Waals surface area (Å²) >= 11 is 1.30. The molecule has 0 spiro atoms. The van der Waals surface area contributed by atoms with E-state index in [0.29, 0.717) is 10.9 Å². The number of methoxy groups -OCH3 is 1. The molecule has 3 rings (SSSR count). The van der Waals surface area contributed by atoms with Crippen LogP contribution >= 0.6 is 11.3 Å². The second-order valence-electron chi connectivity index (χ2n) is 5.97. The molecule has 2 aromatic carbocycles. The van der Waals surface area contributed by atoms with E-state index in [1.54, 1.807) is 31.4 Å². The maximum atomic E-state index is 12.6. The van der Waals surface area contributed by atoms with Crippen molar-refractivity contribution in [3.05, 3.63) is 48.0 Å².